The van der Waals surface area contributed by atoms with Crippen LogP contribution >= 0.6 is 0 Å². The maximum Gasteiger partial charge on any atom is 0.319 e. The van der Waals surface area contributed by atoms with Crippen molar-refractivity contribution >= 4 is 15.8 Å². The third kappa shape index (κ3) is 5.35. The maximum atomic E-state index is 13.1. The molecule has 0 bridgehead atoms. The molecule has 0 N–H and O–H groups in total. The number of hydrogen-bond acceptors (Lipinski definition) is 10. The summed E-state index contributed by atoms with van der Waals surface area (Å²) in [5.74, 6) is 1.41. The van der Waals surface area contributed by atoms with Gasteiger partial charge in [-0.15, -0.1) is 0 Å². The van der Waals surface area contributed by atoms with Crippen LogP contribution in [0.25, 0.3) is 0 Å². The summed E-state index contributed by atoms with van der Waals surface area (Å²) >= 11 is 0. The van der Waals surface area contributed by atoms with E-state index in [9.17, 15) is 8.42 Å². The van der Waals surface area contributed by atoms with Crippen LogP contribution in [0.3, 0.4) is 0 Å². The molecule has 212 valence electrons. The van der Waals surface area contributed by atoms with Crippen molar-refractivity contribution in [1.82, 2.24) is 9.97 Å². The molecule has 2 aliphatic rings. The first-order valence-corrected chi connectivity index (χ1v) is 14.6. The van der Waals surface area contributed by atoms with Crippen LogP contribution in [0.2, 0.25) is 0 Å². The van der Waals surface area contributed by atoms with E-state index in [-0.39, 0.29) is 22.9 Å². The minimum Gasteiger partial charge on any atom is -0.493 e. The summed E-state index contributed by atoms with van der Waals surface area (Å²) in [4.78, 5) is 14.0. The van der Waals surface area contributed by atoms with E-state index in [2.05, 4.69) is 9.97 Å². The average molecular weight is 568 g/mol. The van der Waals surface area contributed by atoms with E-state index in [0.717, 1.165) is 16.7 Å². The van der Waals surface area contributed by atoms with Crippen LogP contribution in [0, 0.1) is 6.92 Å². The maximum absolute atomic E-state index is 13.1. The second-order valence-corrected chi connectivity index (χ2v) is 11.3. The second kappa shape index (κ2) is 11.4. The van der Waals surface area contributed by atoms with E-state index >= 15 is 0 Å². The van der Waals surface area contributed by atoms with Crippen molar-refractivity contribution in [3.63, 3.8) is 0 Å². The lowest BCUT2D eigenvalue weighted by molar-refractivity contribution is 0.140. The van der Waals surface area contributed by atoms with Crippen molar-refractivity contribution < 1.29 is 31.5 Å². The molecule has 3 aromatic rings. The van der Waals surface area contributed by atoms with E-state index in [1.54, 1.807) is 37.6 Å². The summed E-state index contributed by atoms with van der Waals surface area (Å²) in [6, 6.07) is 10.6. The van der Waals surface area contributed by atoms with Crippen LogP contribution in [0.4, 0.5) is 0 Å². The molecular formula is C29H33N3O7S. The van der Waals surface area contributed by atoms with Crippen molar-refractivity contribution in [2.45, 2.75) is 56.1 Å². The molecule has 10 nitrogen and oxygen atoms in total. The van der Waals surface area contributed by atoms with Gasteiger partial charge in [0, 0.05) is 17.7 Å². The molecule has 1 aliphatic heterocycles. The summed E-state index contributed by atoms with van der Waals surface area (Å²) in [5.41, 5.74) is 4.05. The molecule has 0 unspecified atom stereocenters. The van der Waals surface area contributed by atoms with Crippen LogP contribution < -0.4 is 18.9 Å². The number of methoxy groups -OCH3 is 3. The van der Waals surface area contributed by atoms with Crippen LogP contribution in [-0.2, 0) is 14.3 Å². The van der Waals surface area contributed by atoms with Crippen molar-refractivity contribution in [1.29, 1.82) is 0 Å². The van der Waals surface area contributed by atoms with E-state index in [0.29, 0.717) is 54.5 Å². The minimum atomic E-state index is -3.91. The number of nitrogens with zero attached hydrogens (tertiary/aromatic N) is 3. The lowest BCUT2D eigenvalue weighted by atomic mass is 9.74. The molecule has 2 aromatic carbocycles. The molecule has 11 heteroatoms. The molecule has 1 fully saturated rings. The minimum absolute atomic E-state index is 0.0963. The Morgan fingerprint density at radius 3 is 2.40 bits per heavy atom. The Morgan fingerprint density at radius 1 is 0.950 bits per heavy atom. The predicted molar refractivity (Wildman–Crippen MR) is 149 cm³/mol. The number of aromatic nitrogens is 2. The van der Waals surface area contributed by atoms with Crippen LogP contribution in [0.1, 0.15) is 54.4 Å². The number of fused-ring (bicyclic) bond motifs is 3. The number of aliphatic imine (C=N–C) groups is 1. The van der Waals surface area contributed by atoms with Crippen LogP contribution in [0.5, 0.6) is 23.4 Å². The van der Waals surface area contributed by atoms with Crippen molar-refractivity contribution in [3.8, 4) is 23.4 Å². The third-order valence-corrected chi connectivity index (χ3v) is 8.66. The number of rotatable bonds is 9. The zero-order chi connectivity index (χ0) is 28.4. The van der Waals surface area contributed by atoms with Gasteiger partial charge in [-0.2, -0.15) is 13.4 Å². The SMILES string of the molecule is CCOc1cc2c(cc1OC)C(c1cnc(OC)nc1OC)=N[C@@H]1CC[C@@H](OS(=O)(=O)c3ccc(C)cc3)C[C@H]21. The van der Waals surface area contributed by atoms with Gasteiger partial charge in [-0.25, -0.2) is 4.98 Å². The Morgan fingerprint density at radius 2 is 1.73 bits per heavy atom. The highest BCUT2D eigenvalue weighted by molar-refractivity contribution is 7.86. The highest BCUT2D eigenvalue weighted by atomic mass is 32.2. The van der Waals surface area contributed by atoms with Gasteiger partial charge in [-0.05, 0) is 62.9 Å². The summed E-state index contributed by atoms with van der Waals surface area (Å²) < 4.78 is 54.3. The Labute approximate surface area is 234 Å². The molecule has 1 aliphatic carbocycles. The topological polar surface area (TPSA) is 118 Å². The van der Waals surface area contributed by atoms with Crippen molar-refractivity contribution in [2.75, 3.05) is 27.9 Å². The number of aryl methyl sites for hydroxylation is 1. The van der Waals surface area contributed by atoms with Crippen LogP contribution in [0.15, 0.2) is 52.5 Å². The zero-order valence-electron chi connectivity index (χ0n) is 23.2. The second-order valence-electron chi connectivity index (χ2n) is 9.75. The van der Waals surface area contributed by atoms with Gasteiger partial charge in [-0.3, -0.25) is 9.18 Å². The van der Waals surface area contributed by atoms with Crippen LogP contribution in [-0.4, -0.2) is 64.2 Å². The van der Waals surface area contributed by atoms with E-state index in [4.69, 9.17) is 28.1 Å². The third-order valence-electron chi connectivity index (χ3n) is 7.29. The number of benzene rings is 2. The first kappa shape index (κ1) is 27.9. The average Bonchev–Trinajstić information content (AvgIpc) is 2.96. The summed E-state index contributed by atoms with van der Waals surface area (Å²) in [7, 11) is 0.701. The molecule has 3 atom stereocenters. The molecule has 0 amide bonds. The molecule has 0 spiro atoms. The smallest absolute Gasteiger partial charge is 0.319 e. The molecule has 5 rings (SSSR count). The molecule has 1 aromatic heterocycles. The molecule has 0 radical (unpaired) electrons. The Balaban J connectivity index is 1.55. The fourth-order valence-electron chi connectivity index (χ4n) is 5.36. The lowest BCUT2D eigenvalue weighted by Crippen LogP contribution is -2.36. The molecule has 0 saturated heterocycles. The Kier molecular flexibility index (Phi) is 7.95. The van der Waals surface area contributed by atoms with E-state index < -0.39 is 16.2 Å². The molecule has 2 heterocycles. The normalized spacial score (nSPS) is 20.1. The lowest BCUT2D eigenvalue weighted by Gasteiger charge is -2.38. The van der Waals surface area contributed by atoms with Gasteiger partial charge in [0.1, 0.15) is 0 Å². The first-order valence-electron chi connectivity index (χ1n) is 13.2. The standard InChI is InChI=1S/C29H33N3O7S/c1-6-38-26-14-20-21-13-18(39-40(33,34)19-10-7-17(2)8-11-19)9-12-24(21)31-27(22(20)15-25(26)35-3)23-16-30-29(37-5)32-28(23)36-4/h7-8,10-11,14-16,18,21,24H,6,9,12-13H2,1-5H3/t18-,21-,24-/m1/s1. The fourth-order valence-corrected chi connectivity index (χ4v) is 6.48. The zero-order valence-corrected chi connectivity index (χ0v) is 24.0. The van der Waals surface area contributed by atoms with Gasteiger partial charge in [0.25, 0.3) is 10.1 Å². The van der Waals surface area contributed by atoms with Gasteiger partial charge in [0.15, 0.2) is 11.5 Å². The summed E-state index contributed by atoms with van der Waals surface area (Å²) in [6.07, 6.45) is 2.81. The van der Waals surface area contributed by atoms with Crippen molar-refractivity contribution in [2.24, 2.45) is 4.99 Å². The monoisotopic (exact) mass is 567 g/mol. The number of hydrogen-bond donors (Lipinski definition) is 0. The van der Waals surface area contributed by atoms with Gasteiger partial charge in [-0.1, -0.05) is 17.7 Å². The van der Waals surface area contributed by atoms with Gasteiger partial charge >= 0.3 is 6.01 Å². The molecule has 1 saturated carbocycles. The van der Waals surface area contributed by atoms with E-state index in [1.165, 1.54) is 14.2 Å². The largest absolute Gasteiger partial charge is 0.493 e. The first-order chi connectivity index (χ1) is 19.3. The fraction of sp³-hybridized carbons (Fsp3) is 0.414. The predicted octanol–water partition coefficient (Wildman–Crippen LogP) is 4.47. The summed E-state index contributed by atoms with van der Waals surface area (Å²) in [5, 5.41) is 0. The Bertz CT molecular complexity index is 1520. The molecule has 40 heavy (non-hydrogen) atoms. The highest BCUT2D eigenvalue weighted by Gasteiger charge is 2.40. The van der Waals surface area contributed by atoms with Gasteiger partial charge in [0.2, 0.25) is 5.88 Å². The number of ether oxygens (including phenoxy) is 4. The van der Waals surface area contributed by atoms with E-state index in [1.807, 2.05) is 26.0 Å². The van der Waals surface area contributed by atoms with Crippen molar-refractivity contribution in [3.05, 3.63) is 64.8 Å². The highest BCUT2D eigenvalue weighted by Crippen LogP contribution is 2.46. The Hall–Kier alpha value is -3.70. The molecular weight excluding hydrogens is 534 g/mol. The van der Waals surface area contributed by atoms with Gasteiger partial charge in [0.05, 0.1) is 56.3 Å². The quantitative estimate of drug-likeness (QED) is 0.345. The summed E-state index contributed by atoms with van der Waals surface area (Å²) in [6.45, 7) is 4.28. The van der Waals surface area contributed by atoms with Gasteiger partial charge < -0.3 is 18.9 Å².